The molecule has 0 radical (unpaired) electrons. The molecule has 7 nitrogen and oxygen atoms in total. The summed E-state index contributed by atoms with van der Waals surface area (Å²) in [6.45, 7) is 1.99. The van der Waals surface area contributed by atoms with Gasteiger partial charge in [-0.05, 0) is 54.5 Å². The van der Waals surface area contributed by atoms with E-state index < -0.39 is 0 Å². The standard InChI is InChI=1S/C20H21N3O4/c1-11-14(20(25)23-26)5-3-12-2-4-13(10-16(11)12)27-17-8-9-21-19-15(17)6-7-18(24)22-19/h2,4,8-11,14,26H,3,5-7H2,1H3,(H,23,25)(H,21,22,24). The maximum atomic E-state index is 11.9. The zero-order valence-electron chi connectivity index (χ0n) is 15.0. The van der Waals surface area contributed by atoms with Crippen molar-refractivity contribution in [2.45, 2.75) is 38.5 Å². The number of ether oxygens (including phenoxy) is 1. The monoisotopic (exact) mass is 367 g/mol. The molecule has 7 heteroatoms. The minimum Gasteiger partial charge on any atom is -0.457 e. The molecule has 1 aliphatic heterocycles. The van der Waals surface area contributed by atoms with E-state index in [1.54, 1.807) is 17.7 Å². The molecule has 3 N–H and O–H groups in total. The van der Waals surface area contributed by atoms with Gasteiger partial charge in [0, 0.05) is 24.1 Å². The number of nitrogens with one attached hydrogen (secondary N) is 2. The number of hydrogen-bond donors (Lipinski definition) is 3. The average Bonchev–Trinajstić information content (AvgIpc) is 2.68. The first-order valence-corrected chi connectivity index (χ1v) is 9.09. The van der Waals surface area contributed by atoms with Gasteiger partial charge < -0.3 is 10.1 Å². The Morgan fingerprint density at radius 3 is 2.96 bits per heavy atom. The number of anilines is 1. The second kappa shape index (κ2) is 7.00. The fourth-order valence-corrected chi connectivity index (χ4v) is 3.99. The van der Waals surface area contributed by atoms with E-state index in [4.69, 9.17) is 9.94 Å². The SMILES string of the molecule is CC1c2cc(Oc3ccnc4c3CCC(=O)N4)ccc2CCC1C(=O)NO. The predicted octanol–water partition coefficient (Wildman–Crippen LogP) is 2.93. The van der Waals surface area contributed by atoms with E-state index in [-0.39, 0.29) is 23.7 Å². The molecular formula is C20H21N3O4. The largest absolute Gasteiger partial charge is 0.457 e. The van der Waals surface area contributed by atoms with Crippen LogP contribution in [0.15, 0.2) is 30.5 Å². The number of aryl methyl sites for hydroxylation is 1. The summed E-state index contributed by atoms with van der Waals surface area (Å²) in [5.74, 6) is 1.23. The third-order valence-corrected chi connectivity index (χ3v) is 5.48. The Morgan fingerprint density at radius 2 is 2.15 bits per heavy atom. The van der Waals surface area contributed by atoms with Gasteiger partial charge in [-0.2, -0.15) is 0 Å². The molecule has 140 valence electrons. The smallest absolute Gasteiger partial charge is 0.247 e. The first kappa shape index (κ1) is 17.5. The van der Waals surface area contributed by atoms with Crippen molar-refractivity contribution in [2.75, 3.05) is 5.32 Å². The summed E-state index contributed by atoms with van der Waals surface area (Å²) in [5, 5.41) is 11.7. The molecule has 2 unspecified atom stereocenters. The van der Waals surface area contributed by atoms with E-state index in [9.17, 15) is 9.59 Å². The highest BCUT2D eigenvalue weighted by molar-refractivity contribution is 5.93. The van der Waals surface area contributed by atoms with Crippen molar-refractivity contribution in [1.29, 1.82) is 0 Å². The van der Waals surface area contributed by atoms with E-state index in [1.165, 1.54) is 5.56 Å². The van der Waals surface area contributed by atoms with Crippen LogP contribution in [0.25, 0.3) is 0 Å². The third-order valence-electron chi connectivity index (χ3n) is 5.48. The van der Waals surface area contributed by atoms with Crippen LogP contribution in [0.5, 0.6) is 11.5 Å². The molecule has 0 saturated carbocycles. The maximum absolute atomic E-state index is 11.9. The molecule has 27 heavy (non-hydrogen) atoms. The van der Waals surface area contributed by atoms with Gasteiger partial charge in [0.25, 0.3) is 0 Å². The van der Waals surface area contributed by atoms with E-state index in [1.807, 2.05) is 25.1 Å². The van der Waals surface area contributed by atoms with Gasteiger partial charge in [0.15, 0.2) is 0 Å². The van der Waals surface area contributed by atoms with Crippen molar-refractivity contribution in [3.05, 3.63) is 47.2 Å². The first-order chi connectivity index (χ1) is 13.1. The minimum atomic E-state index is -0.349. The number of nitrogens with zero attached hydrogens (tertiary/aromatic N) is 1. The van der Waals surface area contributed by atoms with Gasteiger partial charge in [-0.15, -0.1) is 0 Å². The number of carbonyl (C=O) groups excluding carboxylic acids is 2. The van der Waals surface area contributed by atoms with Crippen LogP contribution in [-0.2, 0) is 22.4 Å². The Morgan fingerprint density at radius 1 is 1.30 bits per heavy atom. The summed E-state index contributed by atoms with van der Waals surface area (Å²) in [7, 11) is 0. The number of pyridine rings is 1. The Balaban J connectivity index is 1.62. The number of carbonyl (C=O) groups is 2. The summed E-state index contributed by atoms with van der Waals surface area (Å²) in [6, 6.07) is 7.71. The van der Waals surface area contributed by atoms with Crippen molar-refractivity contribution in [1.82, 2.24) is 10.5 Å². The fourth-order valence-electron chi connectivity index (χ4n) is 3.99. The highest BCUT2D eigenvalue weighted by Crippen LogP contribution is 2.39. The molecule has 2 heterocycles. The van der Waals surface area contributed by atoms with Gasteiger partial charge in [-0.25, -0.2) is 10.5 Å². The Hall–Kier alpha value is -2.93. The Bertz CT molecular complexity index is 912. The van der Waals surface area contributed by atoms with Gasteiger partial charge >= 0.3 is 0 Å². The van der Waals surface area contributed by atoms with Crippen molar-refractivity contribution in [3.8, 4) is 11.5 Å². The number of benzene rings is 1. The van der Waals surface area contributed by atoms with Crippen LogP contribution in [0.2, 0.25) is 0 Å². The quantitative estimate of drug-likeness (QED) is 0.572. The van der Waals surface area contributed by atoms with Crippen molar-refractivity contribution in [2.24, 2.45) is 5.92 Å². The lowest BCUT2D eigenvalue weighted by Gasteiger charge is -2.30. The van der Waals surface area contributed by atoms with Gasteiger partial charge in [0.1, 0.15) is 17.3 Å². The molecule has 1 aromatic carbocycles. The number of rotatable bonds is 3. The summed E-state index contributed by atoms with van der Waals surface area (Å²) >= 11 is 0. The Labute approximate surface area is 156 Å². The topological polar surface area (TPSA) is 101 Å². The van der Waals surface area contributed by atoms with E-state index in [0.29, 0.717) is 36.6 Å². The van der Waals surface area contributed by atoms with Crippen LogP contribution in [0.3, 0.4) is 0 Å². The van der Waals surface area contributed by atoms with Gasteiger partial charge in [-0.1, -0.05) is 13.0 Å². The van der Waals surface area contributed by atoms with Crippen LogP contribution in [-0.4, -0.2) is 22.0 Å². The lowest BCUT2D eigenvalue weighted by molar-refractivity contribution is -0.134. The summed E-state index contributed by atoms with van der Waals surface area (Å²) < 4.78 is 6.11. The summed E-state index contributed by atoms with van der Waals surface area (Å²) in [6.07, 6.45) is 4.11. The molecule has 4 rings (SSSR count). The van der Waals surface area contributed by atoms with Crippen LogP contribution in [0.1, 0.15) is 42.4 Å². The van der Waals surface area contributed by atoms with Crippen LogP contribution in [0, 0.1) is 5.92 Å². The molecule has 1 aromatic heterocycles. The second-order valence-electron chi connectivity index (χ2n) is 7.06. The second-order valence-corrected chi connectivity index (χ2v) is 7.06. The average molecular weight is 367 g/mol. The maximum Gasteiger partial charge on any atom is 0.247 e. The van der Waals surface area contributed by atoms with Gasteiger partial charge in [0.05, 0.1) is 0 Å². The highest BCUT2D eigenvalue weighted by atomic mass is 16.5. The number of fused-ring (bicyclic) bond motifs is 2. The normalized spacial score (nSPS) is 20.9. The summed E-state index contributed by atoms with van der Waals surface area (Å²) in [5.41, 5.74) is 4.92. The number of aromatic nitrogens is 1. The molecule has 2 aliphatic rings. The van der Waals surface area contributed by atoms with Crippen LogP contribution in [0.4, 0.5) is 5.82 Å². The lowest BCUT2D eigenvalue weighted by Crippen LogP contribution is -2.34. The lowest BCUT2D eigenvalue weighted by atomic mass is 9.75. The van der Waals surface area contributed by atoms with Crippen molar-refractivity contribution in [3.63, 3.8) is 0 Å². The minimum absolute atomic E-state index is 0.0184. The van der Waals surface area contributed by atoms with Crippen LogP contribution < -0.4 is 15.5 Å². The molecule has 2 atom stereocenters. The molecule has 2 aromatic rings. The predicted molar refractivity (Wildman–Crippen MR) is 97.9 cm³/mol. The Kier molecular flexibility index (Phi) is 4.53. The van der Waals surface area contributed by atoms with E-state index in [0.717, 1.165) is 17.5 Å². The summed E-state index contributed by atoms with van der Waals surface area (Å²) in [4.78, 5) is 27.7. The molecular weight excluding hydrogens is 346 g/mol. The van der Waals surface area contributed by atoms with E-state index in [2.05, 4.69) is 10.3 Å². The van der Waals surface area contributed by atoms with Gasteiger partial charge in [-0.3, -0.25) is 14.8 Å². The number of hydrogen-bond acceptors (Lipinski definition) is 5. The number of hydroxylamine groups is 1. The van der Waals surface area contributed by atoms with Crippen molar-refractivity contribution >= 4 is 17.6 Å². The molecule has 2 amide bonds. The zero-order valence-corrected chi connectivity index (χ0v) is 15.0. The third kappa shape index (κ3) is 3.26. The molecule has 0 spiro atoms. The van der Waals surface area contributed by atoms with Crippen molar-refractivity contribution < 1.29 is 19.5 Å². The zero-order chi connectivity index (χ0) is 19.0. The molecule has 1 aliphatic carbocycles. The van der Waals surface area contributed by atoms with Gasteiger partial charge in [0.2, 0.25) is 11.8 Å². The highest BCUT2D eigenvalue weighted by Gasteiger charge is 2.31. The first-order valence-electron chi connectivity index (χ1n) is 9.09. The number of amides is 2. The molecule has 0 saturated heterocycles. The fraction of sp³-hybridized carbons (Fsp3) is 0.350. The molecule has 0 bridgehead atoms. The van der Waals surface area contributed by atoms with Crippen LogP contribution >= 0.6 is 0 Å². The van der Waals surface area contributed by atoms with E-state index >= 15 is 0 Å². The molecule has 0 fully saturated rings.